The molecule has 0 bridgehead atoms. The third-order valence-electron chi connectivity index (χ3n) is 12.2. The summed E-state index contributed by atoms with van der Waals surface area (Å²) in [5.74, 6) is 2.08. The van der Waals surface area contributed by atoms with Gasteiger partial charge >= 0.3 is 0 Å². The Morgan fingerprint density at radius 3 is 2.23 bits per heavy atom. The second-order valence-electron chi connectivity index (χ2n) is 17.6. The molecule has 1 radical (unpaired) electrons. The molecule has 2 saturated carbocycles. The normalized spacial score (nSPS) is 15.1. The number of furan rings is 1. The first-order valence-electron chi connectivity index (χ1n) is 21.1. The molecule has 4 aromatic carbocycles. The van der Waals surface area contributed by atoms with Crippen LogP contribution in [0.15, 0.2) is 114 Å². The molecule has 5 heteroatoms. The summed E-state index contributed by atoms with van der Waals surface area (Å²) in [6, 6.07) is 41.2. The fourth-order valence-electron chi connectivity index (χ4n) is 9.07. The average molecular weight is 945 g/mol. The molecule has 9 rings (SSSR count). The van der Waals surface area contributed by atoms with Crippen LogP contribution >= 0.6 is 0 Å². The Labute approximate surface area is 355 Å². The molecular formula is C52H56IrN2OSi-2. The van der Waals surface area contributed by atoms with Gasteiger partial charge in [-0.2, -0.15) is 0 Å². The van der Waals surface area contributed by atoms with E-state index in [0.717, 1.165) is 68.3 Å². The van der Waals surface area contributed by atoms with Gasteiger partial charge in [-0.25, -0.2) is 0 Å². The maximum Gasteiger partial charge on any atom is 0.121 e. The zero-order valence-electron chi connectivity index (χ0n) is 34.3. The van der Waals surface area contributed by atoms with Gasteiger partial charge < -0.3 is 14.4 Å². The number of hydrogen-bond acceptors (Lipinski definition) is 3. The second-order valence-corrected chi connectivity index (χ2v) is 22.6. The summed E-state index contributed by atoms with van der Waals surface area (Å²) in [4.78, 5) is 9.53. The standard InChI is InChI=1S/C30H26NO.C22H30NSi.Ir/c1-3-8-21(9-4-1)18-22-16-17-31-28(19-22)27-13-7-12-26-25-15-14-24(20-29(25)32-30(26)27)23-10-5-2-6-11-23;1-16(2)20-14-21(23-15-22(20)24(3,4)5)19-12-8-11-18(13-19)17-9-6-7-10-17;/h2,5-7,10-12,14-17,19-21H,1,3-4,8-9,18H2;8,11,13-17H,6-7,9-10H2,1-5H3;/q2*-1;. The Bertz CT molecular complexity index is 2420. The monoisotopic (exact) mass is 945 g/mol. The molecule has 7 aromatic rings. The van der Waals surface area contributed by atoms with E-state index in [1.807, 2.05) is 18.3 Å². The van der Waals surface area contributed by atoms with Crippen molar-refractivity contribution in [3.05, 3.63) is 138 Å². The van der Waals surface area contributed by atoms with Crippen LogP contribution in [0.5, 0.6) is 0 Å². The third-order valence-corrected chi connectivity index (χ3v) is 14.2. The van der Waals surface area contributed by atoms with Crippen molar-refractivity contribution >= 4 is 35.2 Å². The Hall–Kier alpha value is -4.15. The molecule has 57 heavy (non-hydrogen) atoms. The third kappa shape index (κ3) is 9.44. The molecule has 3 aromatic heterocycles. The van der Waals surface area contributed by atoms with Crippen molar-refractivity contribution in [3.8, 4) is 33.6 Å². The predicted octanol–water partition coefficient (Wildman–Crippen LogP) is 14.1. The first-order chi connectivity index (χ1) is 27.2. The van der Waals surface area contributed by atoms with Gasteiger partial charge in [-0.1, -0.05) is 155 Å². The molecule has 3 nitrogen and oxygen atoms in total. The van der Waals surface area contributed by atoms with E-state index < -0.39 is 8.07 Å². The van der Waals surface area contributed by atoms with Gasteiger partial charge in [0.2, 0.25) is 0 Å². The van der Waals surface area contributed by atoms with Crippen LogP contribution in [-0.4, -0.2) is 18.0 Å². The molecular weight excluding hydrogens is 889 g/mol. The van der Waals surface area contributed by atoms with Crippen molar-refractivity contribution in [3.63, 3.8) is 0 Å². The molecule has 0 amide bonds. The van der Waals surface area contributed by atoms with Gasteiger partial charge in [0.15, 0.2) is 0 Å². The van der Waals surface area contributed by atoms with Gasteiger partial charge in [0.1, 0.15) is 5.58 Å². The summed E-state index contributed by atoms with van der Waals surface area (Å²) in [7, 11) is -1.37. The topological polar surface area (TPSA) is 38.9 Å². The molecule has 0 unspecified atom stereocenters. The van der Waals surface area contributed by atoms with E-state index in [0.29, 0.717) is 5.92 Å². The number of nitrogens with zero attached hydrogens (tertiary/aromatic N) is 2. The minimum absolute atomic E-state index is 0. The van der Waals surface area contributed by atoms with E-state index in [4.69, 9.17) is 14.4 Å². The van der Waals surface area contributed by atoms with Crippen LogP contribution < -0.4 is 5.19 Å². The van der Waals surface area contributed by atoms with Crippen molar-refractivity contribution in [1.82, 2.24) is 9.97 Å². The molecule has 295 valence electrons. The van der Waals surface area contributed by atoms with Crippen LogP contribution in [0.25, 0.3) is 55.6 Å². The van der Waals surface area contributed by atoms with Crippen LogP contribution in [0, 0.1) is 18.1 Å². The number of aromatic nitrogens is 2. The Morgan fingerprint density at radius 1 is 0.719 bits per heavy atom. The summed E-state index contributed by atoms with van der Waals surface area (Å²) < 4.78 is 6.42. The van der Waals surface area contributed by atoms with Crippen LogP contribution in [-0.2, 0) is 26.5 Å². The van der Waals surface area contributed by atoms with Gasteiger partial charge in [0.25, 0.3) is 0 Å². The molecule has 0 saturated heterocycles. The molecule has 3 heterocycles. The van der Waals surface area contributed by atoms with E-state index in [1.165, 1.54) is 85.2 Å². The van der Waals surface area contributed by atoms with Crippen molar-refractivity contribution in [2.24, 2.45) is 5.92 Å². The summed E-state index contributed by atoms with van der Waals surface area (Å²) in [5, 5.41) is 3.74. The smallest absolute Gasteiger partial charge is 0.121 e. The first kappa shape index (κ1) is 41.0. The number of rotatable bonds is 8. The number of pyridine rings is 2. The largest absolute Gasteiger partial charge is 0.501 e. The Balaban J connectivity index is 0.000000179. The predicted molar refractivity (Wildman–Crippen MR) is 238 cm³/mol. The van der Waals surface area contributed by atoms with E-state index in [1.54, 1.807) is 0 Å². The van der Waals surface area contributed by atoms with Gasteiger partial charge in [-0.05, 0) is 76.9 Å². The quantitative estimate of drug-likeness (QED) is 0.113. The Kier molecular flexibility index (Phi) is 13.1. The van der Waals surface area contributed by atoms with E-state index in [-0.39, 0.29) is 20.1 Å². The first-order valence-corrected chi connectivity index (χ1v) is 24.6. The molecule has 2 fully saturated rings. The minimum Gasteiger partial charge on any atom is -0.501 e. The fraction of sp³-hybridized carbons (Fsp3) is 0.346. The van der Waals surface area contributed by atoms with Gasteiger partial charge in [-0.15, -0.1) is 53.6 Å². The molecule has 2 aliphatic rings. The van der Waals surface area contributed by atoms with Crippen molar-refractivity contribution in [2.45, 2.75) is 110 Å². The van der Waals surface area contributed by atoms with Crippen molar-refractivity contribution < 1.29 is 24.5 Å². The van der Waals surface area contributed by atoms with E-state index in [2.05, 4.69) is 137 Å². The number of fused-ring (bicyclic) bond motifs is 3. The van der Waals surface area contributed by atoms with Crippen molar-refractivity contribution in [1.29, 1.82) is 0 Å². The van der Waals surface area contributed by atoms with Gasteiger partial charge in [0.05, 0.1) is 13.7 Å². The van der Waals surface area contributed by atoms with Gasteiger partial charge in [-0.3, -0.25) is 0 Å². The van der Waals surface area contributed by atoms with E-state index in [9.17, 15) is 0 Å². The van der Waals surface area contributed by atoms with E-state index >= 15 is 0 Å². The summed E-state index contributed by atoms with van der Waals surface area (Å²) >= 11 is 0. The number of hydrogen-bond donors (Lipinski definition) is 0. The SMILES string of the molecule is CC(C)c1cc(-c2[c-]ccc(C3CCCC3)c2)ncc1[Si](C)(C)C.[Ir].[c-]1ccc2c(oc3cc(-c4ccccc4)ccc32)c1-c1cc(CC2CCCCC2)ccn1. The maximum absolute atomic E-state index is 6.42. The van der Waals surface area contributed by atoms with Crippen molar-refractivity contribution in [2.75, 3.05) is 0 Å². The second kappa shape index (κ2) is 18.2. The van der Waals surface area contributed by atoms with Gasteiger partial charge in [0, 0.05) is 37.9 Å². The summed E-state index contributed by atoms with van der Waals surface area (Å²) in [6.45, 7) is 11.8. The molecule has 0 spiro atoms. The van der Waals surface area contributed by atoms with Crippen LogP contribution in [0.2, 0.25) is 19.6 Å². The zero-order chi connectivity index (χ0) is 38.6. The summed E-state index contributed by atoms with van der Waals surface area (Å²) in [6.07, 6.45) is 17.5. The molecule has 2 aliphatic carbocycles. The Morgan fingerprint density at radius 2 is 1.47 bits per heavy atom. The van der Waals surface area contributed by atoms with Crippen LogP contribution in [0.1, 0.15) is 100 Å². The molecule has 0 N–H and O–H groups in total. The summed E-state index contributed by atoms with van der Waals surface area (Å²) in [5.41, 5.74) is 12.6. The number of benzene rings is 4. The zero-order valence-corrected chi connectivity index (χ0v) is 37.7. The minimum atomic E-state index is -1.37. The fourth-order valence-corrected chi connectivity index (χ4v) is 10.8. The maximum atomic E-state index is 6.42. The molecule has 0 atom stereocenters. The van der Waals surface area contributed by atoms with Crippen LogP contribution in [0.4, 0.5) is 0 Å². The molecule has 0 aliphatic heterocycles. The van der Waals surface area contributed by atoms with Crippen LogP contribution in [0.3, 0.4) is 0 Å². The average Bonchev–Trinajstić information content (AvgIpc) is 3.90.